The summed E-state index contributed by atoms with van der Waals surface area (Å²) in [7, 11) is 0. The van der Waals surface area contributed by atoms with Crippen LogP contribution in [-0.2, 0) is 25.7 Å². The van der Waals surface area contributed by atoms with E-state index >= 15 is 0 Å². The highest BCUT2D eigenvalue weighted by molar-refractivity contribution is 5.80. The minimum absolute atomic E-state index is 1.13. The third kappa shape index (κ3) is 11.1. The second-order valence-electron chi connectivity index (χ2n) is 15.3. The molecule has 0 bridgehead atoms. The lowest BCUT2D eigenvalue weighted by Crippen LogP contribution is -2.10. The van der Waals surface area contributed by atoms with Crippen molar-refractivity contribution in [1.82, 2.24) is 0 Å². The highest BCUT2D eigenvalue weighted by Gasteiger charge is 2.14. The first-order chi connectivity index (χ1) is 27.6. The number of anilines is 6. The molecule has 288 valence electrons. The van der Waals surface area contributed by atoms with Gasteiger partial charge in [0.15, 0.2) is 0 Å². The highest BCUT2D eigenvalue weighted by Crippen LogP contribution is 2.37. The van der Waals surface area contributed by atoms with Gasteiger partial charge in [0.25, 0.3) is 0 Å². The number of aryl methyl sites for hydroxylation is 4. The third-order valence-electron chi connectivity index (χ3n) is 10.8. The number of hydrogen-bond acceptors (Lipinski definition) is 2. The summed E-state index contributed by atoms with van der Waals surface area (Å²) in [6.07, 6.45) is 18.7. The van der Waals surface area contributed by atoms with Crippen LogP contribution < -0.4 is 9.80 Å². The van der Waals surface area contributed by atoms with Crippen LogP contribution in [0.15, 0.2) is 146 Å². The Bertz CT molecular complexity index is 1780. The number of benzene rings is 6. The smallest absolute Gasteiger partial charge is 0.0462 e. The van der Waals surface area contributed by atoms with Gasteiger partial charge in [-0.25, -0.2) is 0 Å². The predicted octanol–water partition coefficient (Wildman–Crippen LogP) is 16.2. The van der Waals surface area contributed by atoms with Crippen LogP contribution in [0.5, 0.6) is 0 Å². The maximum Gasteiger partial charge on any atom is 0.0462 e. The van der Waals surface area contributed by atoms with Gasteiger partial charge in [0, 0.05) is 34.1 Å². The Kier molecular flexibility index (Phi) is 15.2. The molecule has 0 aliphatic rings. The van der Waals surface area contributed by atoms with Crippen LogP contribution in [0.4, 0.5) is 34.1 Å². The fourth-order valence-electron chi connectivity index (χ4n) is 7.33. The van der Waals surface area contributed by atoms with Gasteiger partial charge >= 0.3 is 0 Å². The monoisotopic (exact) mass is 738 g/mol. The molecule has 2 heteroatoms. The van der Waals surface area contributed by atoms with Crippen LogP contribution >= 0.6 is 0 Å². The molecular weight excluding hydrogens is 677 g/mol. The van der Waals surface area contributed by atoms with Crippen LogP contribution in [0.3, 0.4) is 0 Å². The standard InChI is InChI=1S/C54H62N2/c1-5-9-13-43-19-31-49(32-20-43)55(50-33-21-44(22-34-50)14-10-6-2)53-39-27-47(28-40-53)17-18-48-29-41-54(42-30-48)56(51-35-23-45(24-36-51)15-11-7-3)52-37-25-46(26-38-52)16-12-8-4/h17-42H,5-16H2,1-4H3. The lowest BCUT2D eigenvalue weighted by atomic mass is 10.1. The SMILES string of the molecule is CCCCc1ccc(N(c2ccc(C=Cc3ccc(N(c4ccc(CCCC)cc4)c4ccc(CCCC)cc4)cc3)cc2)c2ccc(CCCC)cc2)cc1. The maximum atomic E-state index is 2.38. The summed E-state index contributed by atoms with van der Waals surface area (Å²) in [6.45, 7) is 9.03. The molecule has 0 fully saturated rings. The van der Waals surface area contributed by atoms with Crippen molar-refractivity contribution in [1.29, 1.82) is 0 Å². The Morgan fingerprint density at radius 3 is 0.679 bits per heavy atom. The summed E-state index contributed by atoms with van der Waals surface area (Å²) < 4.78 is 0. The van der Waals surface area contributed by atoms with Crippen LogP contribution in [0.25, 0.3) is 12.2 Å². The zero-order valence-electron chi connectivity index (χ0n) is 34.4. The molecule has 0 atom stereocenters. The molecule has 0 N–H and O–H groups in total. The average Bonchev–Trinajstić information content (AvgIpc) is 3.25. The van der Waals surface area contributed by atoms with Gasteiger partial charge in [-0.15, -0.1) is 0 Å². The average molecular weight is 739 g/mol. The van der Waals surface area contributed by atoms with Crippen molar-refractivity contribution < 1.29 is 0 Å². The Labute approximate surface area is 338 Å². The lowest BCUT2D eigenvalue weighted by molar-refractivity contribution is 0.795. The molecule has 0 amide bonds. The van der Waals surface area contributed by atoms with E-state index in [0.717, 1.165) is 37.1 Å². The maximum absolute atomic E-state index is 2.38. The van der Waals surface area contributed by atoms with E-state index in [1.165, 1.54) is 107 Å². The normalized spacial score (nSPS) is 11.3. The van der Waals surface area contributed by atoms with Crippen molar-refractivity contribution >= 4 is 46.3 Å². The van der Waals surface area contributed by atoms with Gasteiger partial charge in [-0.05, 0) is 158 Å². The fraction of sp³-hybridized carbons (Fsp3) is 0.296. The summed E-state index contributed by atoms with van der Waals surface area (Å²) >= 11 is 0. The van der Waals surface area contributed by atoms with Gasteiger partial charge < -0.3 is 9.80 Å². The molecule has 0 heterocycles. The molecule has 0 aliphatic carbocycles. The number of nitrogens with zero attached hydrogens (tertiary/aromatic N) is 2. The van der Waals surface area contributed by atoms with Crippen molar-refractivity contribution in [2.45, 2.75) is 105 Å². The second kappa shape index (κ2) is 21.1. The van der Waals surface area contributed by atoms with Crippen LogP contribution in [0.1, 0.15) is 112 Å². The zero-order chi connectivity index (χ0) is 39.0. The summed E-state index contributed by atoms with van der Waals surface area (Å²) in [5, 5.41) is 0. The van der Waals surface area contributed by atoms with Gasteiger partial charge in [-0.1, -0.05) is 138 Å². The van der Waals surface area contributed by atoms with E-state index in [9.17, 15) is 0 Å². The van der Waals surface area contributed by atoms with Crippen molar-refractivity contribution in [3.8, 4) is 0 Å². The molecule has 6 rings (SSSR count). The van der Waals surface area contributed by atoms with Crippen LogP contribution in [0, 0.1) is 0 Å². The van der Waals surface area contributed by atoms with E-state index in [1.54, 1.807) is 0 Å². The van der Waals surface area contributed by atoms with Gasteiger partial charge in [0.1, 0.15) is 0 Å². The minimum Gasteiger partial charge on any atom is -0.311 e. The lowest BCUT2D eigenvalue weighted by Gasteiger charge is -2.26. The molecule has 0 unspecified atom stereocenters. The Morgan fingerprint density at radius 1 is 0.286 bits per heavy atom. The van der Waals surface area contributed by atoms with Gasteiger partial charge in [0.2, 0.25) is 0 Å². The molecule has 0 aromatic heterocycles. The number of hydrogen-bond donors (Lipinski definition) is 0. The van der Waals surface area contributed by atoms with Gasteiger partial charge in [-0.2, -0.15) is 0 Å². The molecule has 56 heavy (non-hydrogen) atoms. The topological polar surface area (TPSA) is 6.48 Å². The van der Waals surface area contributed by atoms with Crippen molar-refractivity contribution in [2.75, 3.05) is 9.80 Å². The van der Waals surface area contributed by atoms with Crippen molar-refractivity contribution in [2.24, 2.45) is 0 Å². The largest absolute Gasteiger partial charge is 0.311 e. The molecule has 2 nitrogen and oxygen atoms in total. The zero-order valence-corrected chi connectivity index (χ0v) is 34.4. The van der Waals surface area contributed by atoms with Crippen LogP contribution in [0.2, 0.25) is 0 Å². The molecule has 0 aliphatic heterocycles. The molecule has 0 radical (unpaired) electrons. The van der Waals surface area contributed by atoms with E-state index < -0.39 is 0 Å². The summed E-state index contributed by atoms with van der Waals surface area (Å²) in [5.74, 6) is 0. The molecule has 0 saturated heterocycles. The Hall–Kier alpha value is -5.34. The molecule has 0 spiro atoms. The van der Waals surface area contributed by atoms with Crippen LogP contribution in [-0.4, -0.2) is 0 Å². The van der Waals surface area contributed by atoms with Crippen molar-refractivity contribution in [3.05, 3.63) is 179 Å². The highest BCUT2D eigenvalue weighted by atomic mass is 15.1. The van der Waals surface area contributed by atoms with E-state index in [2.05, 4.69) is 195 Å². The second-order valence-corrected chi connectivity index (χ2v) is 15.3. The quantitative estimate of drug-likeness (QED) is 0.0720. The van der Waals surface area contributed by atoms with E-state index in [4.69, 9.17) is 0 Å². The van der Waals surface area contributed by atoms with Crippen molar-refractivity contribution in [3.63, 3.8) is 0 Å². The molecule has 6 aromatic carbocycles. The summed E-state index contributed by atoms with van der Waals surface area (Å²) in [5.41, 5.74) is 15.0. The number of rotatable bonds is 20. The molecule has 6 aromatic rings. The van der Waals surface area contributed by atoms with E-state index in [1.807, 2.05) is 0 Å². The minimum atomic E-state index is 1.13. The predicted molar refractivity (Wildman–Crippen MR) is 246 cm³/mol. The fourth-order valence-corrected chi connectivity index (χ4v) is 7.33. The Balaban J connectivity index is 1.21. The van der Waals surface area contributed by atoms with E-state index in [-0.39, 0.29) is 0 Å². The first-order valence-corrected chi connectivity index (χ1v) is 21.4. The third-order valence-corrected chi connectivity index (χ3v) is 10.8. The molecule has 0 saturated carbocycles. The van der Waals surface area contributed by atoms with Gasteiger partial charge in [-0.3, -0.25) is 0 Å². The first kappa shape index (κ1) is 40.3. The Morgan fingerprint density at radius 2 is 0.482 bits per heavy atom. The van der Waals surface area contributed by atoms with Gasteiger partial charge in [0.05, 0.1) is 0 Å². The molecular formula is C54H62N2. The van der Waals surface area contributed by atoms with E-state index in [0.29, 0.717) is 0 Å². The number of unbranched alkanes of at least 4 members (excludes halogenated alkanes) is 4. The summed E-state index contributed by atoms with van der Waals surface area (Å²) in [4.78, 5) is 4.76. The summed E-state index contributed by atoms with van der Waals surface area (Å²) in [6, 6.07) is 54.5. The first-order valence-electron chi connectivity index (χ1n) is 21.4.